The van der Waals surface area contributed by atoms with Crippen molar-refractivity contribution in [2.24, 2.45) is 0 Å². The second-order valence-electron chi connectivity index (χ2n) is 8.94. The smallest absolute Gasteiger partial charge is 0.279 e. The SMILES string of the molecule is CNC(=O)[C@@](C)(C(=O)NOC1CCCCO1)N(C)C(=O)c1ccc(C#C[Si-](C)(C)C)cc1. The second-order valence-corrected chi connectivity index (χ2v) is 13.7. The maximum atomic E-state index is 13.1. The summed E-state index contributed by atoms with van der Waals surface area (Å²) < 4.78 is 5.43. The predicted octanol–water partition coefficient (Wildman–Crippen LogP) is 2.07. The summed E-state index contributed by atoms with van der Waals surface area (Å²) >= 11 is 0. The number of carbonyl (C=O) groups is 3. The van der Waals surface area contributed by atoms with Crippen LogP contribution in [0.4, 0.5) is 0 Å². The fourth-order valence-corrected chi connectivity index (χ4v) is 3.55. The molecule has 0 aliphatic carbocycles. The molecule has 2 atom stereocenters. The minimum Gasteiger partial charge on any atom is -0.357 e. The van der Waals surface area contributed by atoms with Crippen LogP contribution in [0.3, 0.4) is 0 Å². The summed E-state index contributed by atoms with van der Waals surface area (Å²) in [5.74, 6) is 1.25. The zero-order valence-corrected chi connectivity index (χ0v) is 20.7. The highest BCUT2D eigenvalue weighted by atomic mass is 28.3. The fourth-order valence-electron chi connectivity index (χ4n) is 3.03. The molecule has 3 amide bonds. The van der Waals surface area contributed by atoms with Gasteiger partial charge in [-0.1, -0.05) is 8.07 Å². The van der Waals surface area contributed by atoms with Gasteiger partial charge >= 0.3 is 0 Å². The van der Waals surface area contributed by atoms with Crippen LogP contribution < -0.4 is 10.8 Å². The molecule has 1 aromatic carbocycles. The zero-order chi connectivity index (χ0) is 23.9. The van der Waals surface area contributed by atoms with Gasteiger partial charge in [0, 0.05) is 38.2 Å². The molecule has 1 saturated heterocycles. The van der Waals surface area contributed by atoms with Crippen molar-refractivity contribution in [2.45, 2.75) is 57.7 Å². The van der Waals surface area contributed by atoms with E-state index in [2.05, 4.69) is 41.9 Å². The van der Waals surface area contributed by atoms with Gasteiger partial charge in [0.15, 0.2) is 11.8 Å². The van der Waals surface area contributed by atoms with Crippen LogP contribution in [-0.2, 0) is 19.2 Å². The average molecular weight is 460 g/mol. The average Bonchev–Trinajstić information content (AvgIpc) is 2.79. The number of rotatable bonds is 6. The Hall–Kier alpha value is -2.67. The van der Waals surface area contributed by atoms with Gasteiger partial charge in [-0.25, -0.2) is 10.3 Å². The molecule has 1 aromatic rings. The molecular weight excluding hydrogens is 426 g/mol. The number of hydrogen-bond donors (Lipinski definition) is 2. The van der Waals surface area contributed by atoms with Crippen LogP contribution in [-0.4, -0.2) is 63.2 Å². The van der Waals surface area contributed by atoms with E-state index in [1.54, 1.807) is 24.3 Å². The van der Waals surface area contributed by atoms with Crippen LogP contribution in [0, 0.1) is 11.5 Å². The minimum absolute atomic E-state index is 0.338. The third-order valence-electron chi connectivity index (χ3n) is 5.22. The largest absolute Gasteiger partial charge is 0.357 e. The highest BCUT2D eigenvalue weighted by Gasteiger charge is 2.47. The summed E-state index contributed by atoms with van der Waals surface area (Å²) in [5.41, 5.74) is 4.89. The number of ether oxygens (including phenoxy) is 1. The summed E-state index contributed by atoms with van der Waals surface area (Å²) in [6.07, 6.45) is 1.92. The lowest BCUT2D eigenvalue weighted by atomic mass is 9.96. The lowest BCUT2D eigenvalue weighted by Crippen LogP contribution is -2.65. The van der Waals surface area contributed by atoms with Crippen LogP contribution in [0.1, 0.15) is 42.1 Å². The first-order valence-electron chi connectivity index (χ1n) is 10.7. The first-order valence-corrected chi connectivity index (χ1v) is 14.2. The number of nitrogens with one attached hydrogen (secondary N) is 2. The van der Waals surface area contributed by atoms with Gasteiger partial charge in [0.2, 0.25) is 0 Å². The van der Waals surface area contributed by atoms with Gasteiger partial charge in [0.05, 0.1) is 0 Å². The monoisotopic (exact) mass is 459 g/mol. The fraction of sp³-hybridized carbons (Fsp3) is 0.522. The van der Waals surface area contributed by atoms with Gasteiger partial charge in [0.1, 0.15) is 0 Å². The van der Waals surface area contributed by atoms with E-state index in [0.29, 0.717) is 18.6 Å². The molecule has 0 radical (unpaired) electrons. The van der Waals surface area contributed by atoms with Crippen molar-refractivity contribution in [3.05, 3.63) is 35.4 Å². The molecule has 8 nitrogen and oxygen atoms in total. The molecule has 1 fully saturated rings. The minimum atomic E-state index is -1.84. The molecule has 1 heterocycles. The number of likely N-dealkylation sites (N-methyl/N-ethyl adjacent to an activating group) is 2. The Balaban J connectivity index is 2.18. The molecule has 0 saturated carbocycles. The molecular formula is C23H33N3O5Si-. The van der Waals surface area contributed by atoms with E-state index in [-0.39, 0.29) is 0 Å². The maximum Gasteiger partial charge on any atom is 0.279 e. The number of carbonyl (C=O) groups excluding carboxylic acids is 3. The highest BCUT2D eigenvalue weighted by molar-refractivity contribution is 6.83. The first-order chi connectivity index (χ1) is 15.0. The molecule has 9 heteroatoms. The second kappa shape index (κ2) is 10.8. The maximum absolute atomic E-state index is 13.1. The van der Waals surface area contributed by atoms with Crippen molar-refractivity contribution < 1.29 is 24.0 Å². The lowest BCUT2D eigenvalue weighted by Gasteiger charge is -2.36. The highest BCUT2D eigenvalue weighted by Crippen LogP contribution is 2.19. The van der Waals surface area contributed by atoms with E-state index in [9.17, 15) is 14.4 Å². The van der Waals surface area contributed by atoms with E-state index >= 15 is 0 Å². The molecule has 1 aliphatic rings. The number of benzene rings is 1. The molecule has 1 aliphatic heterocycles. The Kier molecular flexibility index (Phi) is 8.61. The van der Waals surface area contributed by atoms with Gasteiger partial charge in [-0.3, -0.25) is 19.9 Å². The topological polar surface area (TPSA) is 97.0 Å². The van der Waals surface area contributed by atoms with Crippen LogP contribution in [0.2, 0.25) is 19.6 Å². The Morgan fingerprint density at radius 3 is 2.34 bits per heavy atom. The van der Waals surface area contributed by atoms with Gasteiger partial charge < -0.3 is 15.0 Å². The van der Waals surface area contributed by atoms with Crippen LogP contribution in [0.25, 0.3) is 0 Å². The molecule has 32 heavy (non-hydrogen) atoms. The quantitative estimate of drug-likeness (QED) is 0.294. The summed E-state index contributed by atoms with van der Waals surface area (Å²) in [4.78, 5) is 45.2. The molecule has 175 valence electrons. The van der Waals surface area contributed by atoms with E-state index < -0.39 is 37.6 Å². The molecule has 2 rings (SSSR count). The third kappa shape index (κ3) is 6.42. The molecule has 0 bridgehead atoms. The summed E-state index contributed by atoms with van der Waals surface area (Å²) in [5, 5.41) is 2.46. The summed E-state index contributed by atoms with van der Waals surface area (Å²) in [6.45, 7) is 8.38. The third-order valence-corrected chi connectivity index (χ3v) is 6.10. The number of amides is 3. The molecule has 0 aromatic heterocycles. The number of hydroxylamine groups is 1. The van der Waals surface area contributed by atoms with E-state index in [0.717, 1.165) is 23.3 Å². The van der Waals surface area contributed by atoms with E-state index in [1.165, 1.54) is 21.0 Å². The van der Waals surface area contributed by atoms with Crippen molar-refractivity contribution in [2.75, 3.05) is 20.7 Å². The predicted molar refractivity (Wildman–Crippen MR) is 124 cm³/mol. The summed E-state index contributed by atoms with van der Waals surface area (Å²) in [7, 11) is 1.30. The van der Waals surface area contributed by atoms with Crippen molar-refractivity contribution in [3.8, 4) is 11.5 Å². The Morgan fingerprint density at radius 1 is 1.16 bits per heavy atom. The van der Waals surface area contributed by atoms with Crippen molar-refractivity contribution in [1.29, 1.82) is 0 Å². The zero-order valence-electron chi connectivity index (χ0n) is 19.7. The first kappa shape index (κ1) is 25.6. The van der Waals surface area contributed by atoms with Crippen LogP contribution in [0.5, 0.6) is 0 Å². The van der Waals surface area contributed by atoms with Crippen molar-refractivity contribution >= 4 is 25.8 Å². The standard InChI is InChI=1S/C23H33N3O5Si/c1-23(21(28)24-2,22(29)25-31-19-9-7-8-15-30-19)26(3)20(27)18-12-10-17(11-13-18)14-16-32(4,5)6/h10-13,19H,7-9,15H2,1-6H3,(H,24,28)(H,25,29)/q-1/t19?,23-/m0/s1. The number of nitrogens with zero attached hydrogens (tertiary/aromatic N) is 1. The normalized spacial score (nSPS) is 17.9. The summed E-state index contributed by atoms with van der Waals surface area (Å²) in [6, 6.07) is 6.80. The Morgan fingerprint density at radius 2 is 1.81 bits per heavy atom. The Labute approximate surface area is 191 Å². The van der Waals surface area contributed by atoms with Gasteiger partial charge in [-0.2, -0.15) is 19.6 Å². The van der Waals surface area contributed by atoms with Gasteiger partial charge in [-0.15, -0.1) is 5.92 Å². The van der Waals surface area contributed by atoms with E-state index in [1.807, 2.05) is 0 Å². The van der Waals surface area contributed by atoms with Crippen molar-refractivity contribution in [1.82, 2.24) is 15.7 Å². The molecule has 1 unspecified atom stereocenters. The van der Waals surface area contributed by atoms with Crippen LogP contribution in [0.15, 0.2) is 24.3 Å². The number of hydrogen-bond acceptors (Lipinski definition) is 5. The van der Waals surface area contributed by atoms with Gasteiger partial charge in [-0.05, 0) is 44.0 Å². The Bertz CT molecular complexity index is 895. The van der Waals surface area contributed by atoms with E-state index in [4.69, 9.17) is 9.57 Å². The lowest BCUT2D eigenvalue weighted by molar-refractivity contribution is -0.204. The molecule has 0 spiro atoms. The molecule has 2 N–H and O–H groups in total. The van der Waals surface area contributed by atoms with Crippen LogP contribution >= 0.6 is 0 Å². The van der Waals surface area contributed by atoms with Crippen molar-refractivity contribution in [3.63, 3.8) is 0 Å². The van der Waals surface area contributed by atoms with Gasteiger partial charge in [0.25, 0.3) is 17.7 Å².